The summed E-state index contributed by atoms with van der Waals surface area (Å²) in [7, 11) is 0. The number of ether oxygens (including phenoxy) is 1. The minimum absolute atomic E-state index is 0.262. The summed E-state index contributed by atoms with van der Waals surface area (Å²) in [5.74, 6) is -1.40. The van der Waals surface area contributed by atoms with E-state index in [1.807, 2.05) is 53.9 Å². The van der Waals surface area contributed by atoms with Gasteiger partial charge in [0.15, 0.2) is 0 Å². The third-order valence-electron chi connectivity index (χ3n) is 4.30. The second kappa shape index (κ2) is 8.12. The molecule has 0 fully saturated rings. The maximum absolute atomic E-state index is 13.0. The van der Waals surface area contributed by atoms with Crippen LogP contribution in [-0.2, 0) is 9.53 Å². The molecule has 0 spiro atoms. The quantitative estimate of drug-likeness (QED) is 0.493. The van der Waals surface area contributed by atoms with Crippen molar-refractivity contribution in [1.29, 1.82) is 0 Å². The average Bonchev–Trinajstić information content (AvgIpc) is 3.42. The molecule has 2 aromatic heterocycles. The third-order valence-corrected chi connectivity index (χ3v) is 5.17. The molecule has 4 rings (SSSR count). The Balaban J connectivity index is 1.72. The van der Waals surface area contributed by atoms with E-state index in [1.165, 1.54) is 11.3 Å². The van der Waals surface area contributed by atoms with E-state index in [2.05, 4.69) is 5.10 Å². The van der Waals surface area contributed by atoms with Crippen molar-refractivity contribution in [2.75, 3.05) is 0 Å². The van der Waals surface area contributed by atoms with Crippen molar-refractivity contribution in [3.05, 3.63) is 95.5 Å². The molecule has 0 saturated heterocycles. The lowest BCUT2D eigenvalue weighted by molar-refractivity contribution is -0.127. The number of primary amides is 1. The molecule has 0 radical (unpaired) electrons. The molecular weight excluding hydrogens is 386 g/mol. The van der Waals surface area contributed by atoms with E-state index < -0.39 is 18.0 Å². The number of thiophene rings is 1. The van der Waals surface area contributed by atoms with E-state index in [0.717, 1.165) is 10.6 Å². The summed E-state index contributed by atoms with van der Waals surface area (Å²) >= 11 is 1.46. The standard InChI is InChI=1S/C22H17N3O3S/c23-21(26)20(15-8-3-1-4-9-15)28-22(27)17-14-25(16-10-5-2-6-11-16)24-19(17)18-12-7-13-29-18/h1-14,20H,(H2,23,26). The molecule has 2 aromatic carbocycles. The topological polar surface area (TPSA) is 87.2 Å². The maximum Gasteiger partial charge on any atom is 0.343 e. The van der Waals surface area contributed by atoms with Crippen LogP contribution in [0.4, 0.5) is 0 Å². The molecular formula is C22H17N3O3S. The highest BCUT2D eigenvalue weighted by Crippen LogP contribution is 2.29. The van der Waals surface area contributed by atoms with Gasteiger partial charge in [0.2, 0.25) is 6.10 Å². The molecule has 144 valence electrons. The smallest absolute Gasteiger partial charge is 0.343 e. The zero-order chi connectivity index (χ0) is 20.2. The van der Waals surface area contributed by atoms with Crippen LogP contribution < -0.4 is 5.73 Å². The Morgan fingerprint density at radius 3 is 2.28 bits per heavy atom. The number of amides is 1. The number of para-hydroxylation sites is 1. The average molecular weight is 403 g/mol. The normalized spacial score (nSPS) is 11.7. The number of carbonyl (C=O) groups is 2. The molecule has 29 heavy (non-hydrogen) atoms. The van der Waals surface area contributed by atoms with E-state index in [9.17, 15) is 9.59 Å². The van der Waals surface area contributed by atoms with Crippen molar-refractivity contribution in [1.82, 2.24) is 9.78 Å². The van der Waals surface area contributed by atoms with Gasteiger partial charge in [0.25, 0.3) is 5.91 Å². The largest absolute Gasteiger partial charge is 0.444 e. The highest BCUT2D eigenvalue weighted by Gasteiger charge is 2.27. The molecule has 0 aliphatic rings. The fraction of sp³-hybridized carbons (Fsp3) is 0.0455. The second-order valence-corrected chi connectivity index (χ2v) is 7.19. The number of carbonyl (C=O) groups excluding carboxylic acids is 2. The highest BCUT2D eigenvalue weighted by atomic mass is 32.1. The molecule has 0 aliphatic heterocycles. The number of nitrogens with two attached hydrogens (primary N) is 1. The molecule has 0 saturated carbocycles. The molecule has 2 heterocycles. The molecule has 1 unspecified atom stereocenters. The highest BCUT2D eigenvalue weighted by molar-refractivity contribution is 7.13. The lowest BCUT2D eigenvalue weighted by Crippen LogP contribution is -2.26. The molecule has 2 N–H and O–H groups in total. The van der Waals surface area contributed by atoms with Crippen LogP contribution in [0.25, 0.3) is 16.3 Å². The minimum atomic E-state index is -1.18. The first-order valence-electron chi connectivity index (χ1n) is 8.87. The molecule has 7 heteroatoms. The lowest BCUT2D eigenvalue weighted by atomic mass is 10.1. The Kier molecular flexibility index (Phi) is 5.22. The summed E-state index contributed by atoms with van der Waals surface area (Å²) in [5, 5.41) is 6.48. The Labute approximate surface area is 171 Å². The van der Waals surface area contributed by atoms with Crippen molar-refractivity contribution < 1.29 is 14.3 Å². The number of rotatable bonds is 6. The minimum Gasteiger partial charge on any atom is -0.444 e. The van der Waals surface area contributed by atoms with Gasteiger partial charge < -0.3 is 10.5 Å². The second-order valence-electron chi connectivity index (χ2n) is 6.25. The third kappa shape index (κ3) is 3.95. The van der Waals surface area contributed by atoms with Gasteiger partial charge in [-0.15, -0.1) is 11.3 Å². The van der Waals surface area contributed by atoms with Crippen LogP contribution in [0.2, 0.25) is 0 Å². The molecule has 0 aliphatic carbocycles. The predicted octanol–water partition coefficient (Wildman–Crippen LogP) is 3.98. The number of hydrogen-bond acceptors (Lipinski definition) is 5. The monoisotopic (exact) mass is 403 g/mol. The number of aromatic nitrogens is 2. The van der Waals surface area contributed by atoms with Gasteiger partial charge in [0.1, 0.15) is 11.3 Å². The van der Waals surface area contributed by atoms with Crippen LogP contribution in [0.15, 0.2) is 84.4 Å². The number of nitrogens with zero attached hydrogens (tertiary/aromatic N) is 2. The Morgan fingerprint density at radius 2 is 1.66 bits per heavy atom. The van der Waals surface area contributed by atoms with Gasteiger partial charge in [-0.25, -0.2) is 9.48 Å². The summed E-state index contributed by atoms with van der Waals surface area (Å²) in [6.45, 7) is 0. The predicted molar refractivity (Wildman–Crippen MR) is 111 cm³/mol. The Morgan fingerprint density at radius 1 is 0.966 bits per heavy atom. The van der Waals surface area contributed by atoms with Crippen LogP contribution in [0, 0.1) is 0 Å². The fourth-order valence-electron chi connectivity index (χ4n) is 2.92. The van der Waals surface area contributed by atoms with Crippen molar-refractivity contribution in [2.45, 2.75) is 6.10 Å². The number of hydrogen-bond donors (Lipinski definition) is 1. The van der Waals surface area contributed by atoms with E-state index in [4.69, 9.17) is 10.5 Å². The van der Waals surface area contributed by atoms with Gasteiger partial charge in [0.05, 0.1) is 10.6 Å². The van der Waals surface area contributed by atoms with Gasteiger partial charge in [-0.1, -0.05) is 54.6 Å². The van der Waals surface area contributed by atoms with Crippen molar-refractivity contribution in [3.8, 4) is 16.3 Å². The number of esters is 1. The van der Waals surface area contributed by atoms with Crippen LogP contribution in [-0.4, -0.2) is 21.7 Å². The van der Waals surface area contributed by atoms with Crippen molar-refractivity contribution >= 4 is 23.2 Å². The lowest BCUT2D eigenvalue weighted by Gasteiger charge is -2.14. The van der Waals surface area contributed by atoms with E-state index in [-0.39, 0.29) is 5.56 Å². The molecule has 0 bridgehead atoms. The molecule has 1 atom stereocenters. The summed E-state index contributed by atoms with van der Waals surface area (Å²) < 4.78 is 7.13. The number of benzene rings is 2. The van der Waals surface area contributed by atoms with E-state index in [0.29, 0.717) is 11.3 Å². The van der Waals surface area contributed by atoms with Gasteiger partial charge in [-0.05, 0) is 23.6 Å². The van der Waals surface area contributed by atoms with Gasteiger partial charge in [0, 0.05) is 11.8 Å². The molecule has 6 nitrogen and oxygen atoms in total. The van der Waals surface area contributed by atoms with Crippen LogP contribution in [0.3, 0.4) is 0 Å². The zero-order valence-electron chi connectivity index (χ0n) is 15.3. The van der Waals surface area contributed by atoms with E-state index >= 15 is 0 Å². The summed E-state index contributed by atoms with van der Waals surface area (Å²) in [6, 6.07) is 21.9. The zero-order valence-corrected chi connectivity index (χ0v) is 16.1. The molecule has 4 aromatic rings. The first kappa shape index (κ1) is 18.6. The van der Waals surface area contributed by atoms with Crippen molar-refractivity contribution in [2.24, 2.45) is 5.73 Å². The molecule has 1 amide bonds. The van der Waals surface area contributed by atoms with Gasteiger partial charge >= 0.3 is 5.97 Å². The van der Waals surface area contributed by atoms with Crippen LogP contribution in [0.1, 0.15) is 22.0 Å². The maximum atomic E-state index is 13.0. The summed E-state index contributed by atoms with van der Waals surface area (Å²) in [4.78, 5) is 25.8. The van der Waals surface area contributed by atoms with Crippen LogP contribution in [0.5, 0.6) is 0 Å². The van der Waals surface area contributed by atoms with Crippen molar-refractivity contribution in [3.63, 3.8) is 0 Å². The van der Waals surface area contributed by atoms with E-state index in [1.54, 1.807) is 35.1 Å². The summed E-state index contributed by atoms with van der Waals surface area (Å²) in [5.41, 5.74) is 7.56. The first-order chi connectivity index (χ1) is 14.1. The fourth-order valence-corrected chi connectivity index (χ4v) is 3.64. The van der Waals surface area contributed by atoms with Gasteiger partial charge in [-0.3, -0.25) is 4.79 Å². The Hall–Kier alpha value is -3.71. The van der Waals surface area contributed by atoms with Crippen LogP contribution >= 0.6 is 11.3 Å². The Bertz CT molecular complexity index is 1120. The van der Waals surface area contributed by atoms with Gasteiger partial charge in [-0.2, -0.15) is 5.10 Å². The summed E-state index contributed by atoms with van der Waals surface area (Å²) in [6.07, 6.45) is 0.426. The first-order valence-corrected chi connectivity index (χ1v) is 9.75. The SMILES string of the molecule is NC(=O)C(OC(=O)c1cn(-c2ccccc2)nc1-c1cccs1)c1ccccc1.